The minimum Gasteiger partial charge on any atom is -0.399 e. The molecule has 0 aliphatic rings. The van der Waals surface area contributed by atoms with Gasteiger partial charge in [-0.25, -0.2) is 0 Å². The van der Waals surface area contributed by atoms with Crippen molar-refractivity contribution in [2.75, 3.05) is 12.3 Å². The number of anilines is 1. The average molecular weight is 376 g/mol. The molecule has 0 aliphatic carbocycles. The van der Waals surface area contributed by atoms with E-state index in [9.17, 15) is 9.59 Å². The van der Waals surface area contributed by atoms with E-state index in [1.165, 1.54) is 0 Å². The van der Waals surface area contributed by atoms with Gasteiger partial charge in [-0.1, -0.05) is 37.3 Å². The zero-order valence-electron chi connectivity index (χ0n) is 15.0. The molecule has 2 aromatic carbocycles. The first kappa shape index (κ1) is 21.5. The third-order valence-corrected chi connectivity index (χ3v) is 3.89. The number of nitrogen functional groups attached to an aromatic ring is 1. The smallest absolute Gasteiger partial charge is 0.251 e. The second-order valence-corrected chi connectivity index (χ2v) is 5.93. The highest BCUT2D eigenvalue weighted by molar-refractivity contribution is 5.94. The van der Waals surface area contributed by atoms with Crippen LogP contribution < -0.4 is 16.4 Å². The first-order valence-corrected chi connectivity index (χ1v) is 8.57. The van der Waals surface area contributed by atoms with E-state index in [0.29, 0.717) is 37.2 Å². The van der Waals surface area contributed by atoms with Gasteiger partial charge >= 0.3 is 0 Å². The normalized spacial score (nSPS) is 9.88. The van der Waals surface area contributed by atoms with Gasteiger partial charge in [0.05, 0.1) is 0 Å². The lowest BCUT2D eigenvalue weighted by Crippen LogP contribution is -2.25. The highest BCUT2D eigenvalue weighted by atomic mass is 35.5. The molecule has 0 atom stereocenters. The Morgan fingerprint density at radius 3 is 2.54 bits per heavy atom. The highest BCUT2D eigenvalue weighted by Crippen LogP contribution is 2.12. The van der Waals surface area contributed by atoms with Crippen LogP contribution >= 0.6 is 12.4 Å². The summed E-state index contributed by atoms with van der Waals surface area (Å²) < 4.78 is 0. The monoisotopic (exact) mass is 375 g/mol. The van der Waals surface area contributed by atoms with E-state index in [0.717, 1.165) is 17.5 Å². The number of halogens is 1. The molecule has 2 amide bonds. The molecule has 2 aromatic rings. The summed E-state index contributed by atoms with van der Waals surface area (Å²) in [6, 6.07) is 14.9. The summed E-state index contributed by atoms with van der Waals surface area (Å²) in [4.78, 5) is 24.0. The zero-order chi connectivity index (χ0) is 18.1. The summed E-state index contributed by atoms with van der Waals surface area (Å²) >= 11 is 0. The van der Waals surface area contributed by atoms with E-state index in [4.69, 9.17) is 5.73 Å². The van der Waals surface area contributed by atoms with Gasteiger partial charge in [0.1, 0.15) is 0 Å². The maximum atomic E-state index is 12.0. The van der Waals surface area contributed by atoms with Crippen molar-refractivity contribution in [2.45, 2.75) is 32.7 Å². The number of nitrogens with one attached hydrogen (secondary N) is 2. The predicted molar refractivity (Wildman–Crippen MR) is 107 cm³/mol. The summed E-state index contributed by atoms with van der Waals surface area (Å²) in [6.07, 6.45) is 1.89. The van der Waals surface area contributed by atoms with Gasteiger partial charge in [-0.05, 0) is 42.2 Å². The third-order valence-electron chi connectivity index (χ3n) is 3.89. The molecule has 0 aromatic heterocycles. The fourth-order valence-corrected chi connectivity index (χ4v) is 2.46. The number of carbonyl (C=O) groups is 2. The van der Waals surface area contributed by atoms with Gasteiger partial charge in [0, 0.05) is 30.8 Å². The molecule has 5 nitrogen and oxygen atoms in total. The number of amides is 2. The van der Waals surface area contributed by atoms with Crippen molar-refractivity contribution < 1.29 is 9.59 Å². The molecule has 0 unspecified atom stereocenters. The molecule has 0 bridgehead atoms. The molecule has 0 radical (unpaired) electrons. The number of rotatable bonds is 8. The van der Waals surface area contributed by atoms with Gasteiger partial charge in [0.25, 0.3) is 5.91 Å². The minimum absolute atomic E-state index is 0. The van der Waals surface area contributed by atoms with Gasteiger partial charge in [-0.2, -0.15) is 0 Å². The molecule has 2 rings (SSSR count). The molecule has 0 heterocycles. The first-order valence-electron chi connectivity index (χ1n) is 8.57. The standard InChI is InChI=1S/C20H25N3O2.ClH/c1-2-12-22-20(25)17-8-5-6-15(13-17)14-23-19(24)11-10-16-7-3-4-9-18(16)21;/h3-9,13H,2,10-12,14,21H2,1H3,(H,22,25)(H,23,24);1H. The molecule has 0 spiro atoms. The maximum Gasteiger partial charge on any atom is 0.251 e. The summed E-state index contributed by atoms with van der Waals surface area (Å²) in [7, 11) is 0. The SMILES string of the molecule is CCCNC(=O)c1cccc(CNC(=O)CCc2ccccc2N)c1.Cl. The number of benzene rings is 2. The quantitative estimate of drug-likeness (QED) is 0.620. The number of hydrogen-bond acceptors (Lipinski definition) is 3. The van der Waals surface area contributed by atoms with Gasteiger partial charge < -0.3 is 16.4 Å². The Morgan fingerprint density at radius 2 is 1.81 bits per heavy atom. The Balaban J connectivity index is 0.00000338. The van der Waals surface area contributed by atoms with E-state index >= 15 is 0 Å². The van der Waals surface area contributed by atoms with E-state index in [1.807, 2.05) is 43.3 Å². The van der Waals surface area contributed by atoms with Gasteiger partial charge in [-0.3, -0.25) is 9.59 Å². The van der Waals surface area contributed by atoms with Crippen LogP contribution in [0.25, 0.3) is 0 Å². The van der Waals surface area contributed by atoms with Crippen LogP contribution in [0.3, 0.4) is 0 Å². The molecular formula is C20H26ClN3O2. The third kappa shape index (κ3) is 6.76. The van der Waals surface area contributed by atoms with Crippen LogP contribution in [0, 0.1) is 0 Å². The van der Waals surface area contributed by atoms with Crippen molar-refractivity contribution >= 4 is 29.9 Å². The fraction of sp³-hybridized carbons (Fsp3) is 0.300. The molecule has 0 saturated heterocycles. The van der Waals surface area contributed by atoms with Crippen LogP contribution in [-0.2, 0) is 17.8 Å². The molecule has 4 N–H and O–H groups in total. The summed E-state index contributed by atoms with van der Waals surface area (Å²) in [5.41, 5.74) is 9.08. The van der Waals surface area contributed by atoms with Crippen LogP contribution in [0.2, 0.25) is 0 Å². The van der Waals surface area contributed by atoms with Crippen LogP contribution in [0.4, 0.5) is 5.69 Å². The highest BCUT2D eigenvalue weighted by Gasteiger charge is 2.07. The number of para-hydroxylation sites is 1. The van der Waals surface area contributed by atoms with Crippen LogP contribution in [0.15, 0.2) is 48.5 Å². The predicted octanol–water partition coefficient (Wildman–Crippen LogP) is 3.08. The Hall–Kier alpha value is -2.53. The summed E-state index contributed by atoms with van der Waals surface area (Å²) in [6.45, 7) is 3.07. The van der Waals surface area contributed by atoms with Gasteiger partial charge in [0.15, 0.2) is 0 Å². The van der Waals surface area contributed by atoms with E-state index in [1.54, 1.807) is 12.1 Å². The van der Waals surface area contributed by atoms with E-state index in [2.05, 4.69) is 10.6 Å². The maximum absolute atomic E-state index is 12.0. The number of carbonyl (C=O) groups excluding carboxylic acids is 2. The Labute approximate surface area is 160 Å². The van der Waals surface area contributed by atoms with Crippen molar-refractivity contribution in [1.82, 2.24) is 10.6 Å². The van der Waals surface area contributed by atoms with Gasteiger partial charge in [-0.15, -0.1) is 12.4 Å². The zero-order valence-corrected chi connectivity index (χ0v) is 15.8. The van der Waals surface area contributed by atoms with Crippen molar-refractivity contribution in [3.8, 4) is 0 Å². The van der Waals surface area contributed by atoms with Crippen molar-refractivity contribution in [3.63, 3.8) is 0 Å². The fourth-order valence-electron chi connectivity index (χ4n) is 2.46. The second kappa shape index (κ2) is 11.2. The molecular weight excluding hydrogens is 350 g/mol. The number of aryl methyl sites for hydroxylation is 1. The summed E-state index contributed by atoms with van der Waals surface area (Å²) in [5, 5.41) is 5.73. The molecule has 140 valence electrons. The lowest BCUT2D eigenvalue weighted by Gasteiger charge is -2.09. The second-order valence-electron chi connectivity index (χ2n) is 5.93. The lowest BCUT2D eigenvalue weighted by molar-refractivity contribution is -0.121. The largest absolute Gasteiger partial charge is 0.399 e. The average Bonchev–Trinajstić information content (AvgIpc) is 2.64. The Kier molecular flexibility index (Phi) is 9.23. The Bertz CT molecular complexity index is 735. The molecule has 0 saturated carbocycles. The topological polar surface area (TPSA) is 84.2 Å². The minimum atomic E-state index is -0.0884. The van der Waals surface area contributed by atoms with Crippen molar-refractivity contribution in [1.29, 1.82) is 0 Å². The van der Waals surface area contributed by atoms with Crippen molar-refractivity contribution in [2.24, 2.45) is 0 Å². The van der Waals surface area contributed by atoms with Crippen LogP contribution in [0.5, 0.6) is 0 Å². The molecule has 6 heteroatoms. The van der Waals surface area contributed by atoms with Crippen LogP contribution in [0.1, 0.15) is 41.3 Å². The summed E-state index contributed by atoms with van der Waals surface area (Å²) in [5.74, 6) is -0.126. The number of hydrogen-bond donors (Lipinski definition) is 3. The lowest BCUT2D eigenvalue weighted by atomic mass is 10.1. The van der Waals surface area contributed by atoms with E-state index < -0.39 is 0 Å². The molecule has 0 aliphatic heterocycles. The molecule has 26 heavy (non-hydrogen) atoms. The van der Waals surface area contributed by atoms with Crippen LogP contribution in [-0.4, -0.2) is 18.4 Å². The van der Waals surface area contributed by atoms with Gasteiger partial charge in [0.2, 0.25) is 5.91 Å². The van der Waals surface area contributed by atoms with Crippen molar-refractivity contribution in [3.05, 3.63) is 65.2 Å². The first-order chi connectivity index (χ1) is 12.1. The Morgan fingerprint density at radius 1 is 1.04 bits per heavy atom. The molecule has 0 fully saturated rings. The van der Waals surface area contributed by atoms with E-state index in [-0.39, 0.29) is 24.2 Å². The number of nitrogens with two attached hydrogens (primary N) is 1.